The van der Waals surface area contributed by atoms with Crippen molar-refractivity contribution in [2.24, 2.45) is 0 Å². The van der Waals surface area contributed by atoms with Gasteiger partial charge in [-0.05, 0) is 31.9 Å². The third kappa shape index (κ3) is 2.46. The second kappa shape index (κ2) is 4.66. The van der Waals surface area contributed by atoms with Crippen LogP contribution in [0.2, 0.25) is 0 Å². The second-order valence-corrected chi connectivity index (χ2v) is 5.61. The maximum absolute atomic E-state index is 12.1. The normalized spacial score (nSPS) is 14.4. The number of nitrogens with zero attached hydrogens (tertiary/aromatic N) is 1. The van der Waals surface area contributed by atoms with E-state index in [4.69, 9.17) is 0 Å². The first-order chi connectivity index (χ1) is 9.15. The topological polar surface area (TPSA) is 62.2 Å². The molecule has 98 valence electrons. The van der Waals surface area contributed by atoms with Gasteiger partial charge in [0.1, 0.15) is 5.75 Å². The lowest BCUT2D eigenvalue weighted by atomic mass is 10.1. The Labute approximate surface area is 115 Å². The molecule has 1 aliphatic rings. The van der Waals surface area contributed by atoms with Crippen LogP contribution >= 0.6 is 11.3 Å². The highest BCUT2D eigenvalue weighted by molar-refractivity contribution is 7.14. The van der Waals surface area contributed by atoms with Crippen LogP contribution in [0, 0.1) is 6.92 Å². The number of benzene rings is 1. The number of rotatable bonds is 3. The number of aromatic nitrogens is 1. The predicted octanol–water partition coefficient (Wildman–Crippen LogP) is 3.29. The Morgan fingerprint density at radius 2 is 2.26 bits per heavy atom. The van der Waals surface area contributed by atoms with E-state index < -0.39 is 0 Å². The van der Waals surface area contributed by atoms with Crippen molar-refractivity contribution in [1.82, 2.24) is 4.98 Å². The van der Waals surface area contributed by atoms with Crippen LogP contribution in [-0.4, -0.2) is 16.0 Å². The summed E-state index contributed by atoms with van der Waals surface area (Å²) in [5.74, 6) is 0.486. The van der Waals surface area contributed by atoms with Gasteiger partial charge < -0.3 is 5.11 Å². The summed E-state index contributed by atoms with van der Waals surface area (Å²) in [5, 5.41) is 15.0. The average Bonchev–Trinajstić information content (AvgIpc) is 3.14. The van der Waals surface area contributed by atoms with Gasteiger partial charge in [-0.1, -0.05) is 6.07 Å². The molecule has 1 aromatic carbocycles. The number of phenolic OH excluding ortho intramolecular Hbond substituents is 1. The van der Waals surface area contributed by atoms with Gasteiger partial charge in [-0.3, -0.25) is 10.1 Å². The summed E-state index contributed by atoms with van der Waals surface area (Å²) in [6.45, 7) is 1.72. The highest BCUT2D eigenvalue weighted by Crippen LogP contribution is 2.40. The van der Waals surface area contributed by atoms with E-state index >= 15 is 0 Å². The molecule has 1 aliphatic carbocycles. The van der Waals surface area contributed by atoms with Crippen molar-refractivity contribution in [3.05, 3.63) is 40.4 Å². The molecule has 2 aromatic rings. The Morgan fingerprint density at radius 3 is 3.00 bits per heavy atom. The fourth-order valence-electron chi connectivity index (χ4n) is 1.94. The number of carbonyl (C=O) groups excluding carboxylic acids is 1. The van der Waals surface area contributed by atoms with Crippen molar-refractivity contribution in [3.63, 3.8) is 0 Å². The number of phenols is 1. The molecular weight excluding hydrogens is 260 g/mol. The van der Waals surface area contributed by atoms with Crippen molar-refractivity contribution in [3.8, 4) is 5.75 Å². The third-order valence-electron chi connectivity index (χ3n) is 3.29. The first-order valence-electron chi connectivity index (χ1n) is 6.20. The van der Waals surface area contributed by atoms with Crippen LogP contribution in [0.25, 0.3) is 0 Å². The number of carbonyl (C=O) groups is 1. The summed E-state index contributed by atoms with van der Waals surface area (Å²) >= 11 is 1.45. The first kappa shape index (κ1) is 12.2. The lowest BCUT2D eigenvalue weighted by Crippen LogP contribution is -2.13. The average molecular weight is 274 g/mol. The molecule has 1 heterocycles. The number of amides is 1. The summed E-state index contributed by atoms with van der Waals surface area (Å²) < 4.78 is 0. The van der Waals surface area contributed by atoms with E-state index in [0.717, 1.165) is 5.69 Å². The molecule has 19 heavy (non-hydrogen) atoms. The molecule has 0 radical (unpaired) electrons. The van der Waals surface area contributed by atoms with E-state index in [-0.39, 0.29) is 11.7 Å². The minimum absolute atomic E-state index is 0.130. The maximum Gasteiger partial charge on any atom is 0.257 e. The lowest BCUT2D eigenvalue weighted by molar-refractivity contribution is 0.102. The van der Waals surface area contributed by atoms with Crippen LogP contribution < -0.4 is 5.32 Å². The van der Waals surface area contributed by atoms with Gasteiger partial charge in [0.25, 0.3) is 5.91 Å². The van der Waals surface area contributed by atoms with Crippen LogP contribution in [-0.2, 0) is 0 Å². The molecule has 4 nitrogen and oxygen atoms in total. The van der Waals surface area contributed by atoms with Gasteiger partial charge in [-0.15, -0.1) is 11.3 Å². The Balaban J connectivity index is 1.78. The molecule has 1 fully saturated rings. The Morgan fingerprint density at radius 1 is 1.47 bits per heavy atom. The van der Waals surface area contributed by atoms with Gasteiger partial charge in [-0.25, -0.2) is 4.98 Å². The van der Waals surface area contributed by atoms with Crippen LogP contribution in [0.4, 0.5) is 5.13 Å². The van der Waals surface area contributed by atoms with E-state index in [2.05, 4.69) is 10.3 Å². The Kier molecular flexibility index (Phi) is 2.98. The second-order valence-electron chi connectivity index (χ2n) is 4.76. The molecule has 3 rings (SSSR count). The standard InChI is InChI=1S/C14H14N2O2S/c1-8-10(3-2-4-12(8)17)13(18)16-14-15-11(7-19-14)9-5-6-9/h2-4,7,9,17H,5-6H2,1H3,(H,15,16,18). The molecule has 1 saturated carbocycles. The molecule has 5 heteroatoms. The van der Waals surface area contributed by atoms with Crippen molar-refractivity contribution in [2.75, 3.05) is 5.32 Å². The predicted molar refractivity (Wildman–Crippen MR) is 74.9 cm³/mol. The monoisotopic (exact) mass is 274 g/mol. The van der Waals surface area contributed by atoms with Crippen molar-refractivity contribution >= 4 is 22.4 Å². The lowest BCUT2D eigenvalue weighted by Gasteiger charge is -2.06. The van der Waals surface area contributed by atoms with E-state index in [1.807, 2.05) is 5.38 Å². The number of thiazole rings is 1. The van der Waals surface area contributed by atoms with E-state index in [9.17, 15) is 9.90 Å². The van der Waals surface area contributed by atoms with Crippen molar-refractivity contribution in [1.29, 1.82) is 0 Å². The summed E-state index contributed by atoms with van der Waals surface area (Å²) in [6, 6.07) is 4.93. The van der Waals surface area contributed by atoms with Crippen molar-refractivity contribution < 1.29 is 9.90 Å². The highest BCUT2D eigenvalue weighted by atomic mass is 32.1. The molecular formula is C14H14N2O2S. The minimum atomic E-state index is -0.231. The number of hydrogen-bond acceptors (Lipinski definition) is 4. The molecule has 0 atom stereocenters. The molecule has 0 aliphatic heterocycles. The third-order valence-corrected chi connectivity index (χ3v) is 4.06. The Hall–Kier alpha value is -1.88. The minimum Gasteiger partial charge on any atom is -0.508 e. The van der Waals surface area contributed by atoms with Crippen LogP contribution in [0.3, 0.4) is 0 Å². The van der Waals surface area contributed by atoms with E-state index in [1.54, 1.807) is 25.1 Å². The zero-order valence-corrected chi connectivity index (χ0v) is 11.3. The van der Waals surface area contributed by atoms with E-state index in [1.165, 1.54) is 24.2 Å². The quantitative estimate of drug-likeness (QED) is 0.902. The number of anilines is 1. The molecule has 2 N–H and O–H groups in total. The zero-order chi connectivity index (χ0) is 13.4. The van der Waals surface area contributed by atoms with Gasteiger partial charge in [0.15, 0.2) is 5.13 Å². The number of nitrogens with one attached hydrogen (secondary N) is 1. The van der Waals surface area contributed by atoms with Crippen molar-refractivity contribution in [2.45, 2.75) is 25.7 Å². The van der Waals surface area contributed by atoms with Crippen LogP contribution in [0.5, 0.6) is 5.75 Å². The molecule has 0 spiro atoms. The highest BCUT2D eigenvalue weighted by Gasteiger charge is 2.26. The molecule has 0 unspecified atom stereocenters. The summed E-state index contributed by atoms with van der Waals surface area (Å²) in [5.41, 5.74) is 2.13. The number of aromatic hydroxyl groups is 1. The molecule has 0 bridgehead atoms. The molecule has 1 aromatic heterocycles. The SMILES string of the molecule is Cc1c(O)cccc1C(=O)Nc1nc(C2CC2)cs1. The molecule has 0 saturated heterocycles. The number of hydrogen-bond donors (Lipinski definition) is 2. The summed E-state index contributed by atoms with van der Waals surface area (Å²) in [4.78, 5) is 16.5. The summed E-state index contributed by atoms with van der Waals surface area (Å²) in [6.07, 6.45) is 2.39. The largest absolute Gasteiger partial charge is 0.508 e. The van der Waals surface area contributed by atoms with Gasteiger partial charge in [0, 0.05) is 22.4 Å². The summed E-state index contributed by atoms with van der Waals surface area (Å²) in [7, 11) is 0. The fraction of sp³-hybridized carbons (Fsp3) is 0.286. The van der Waals surface area contributed by atoms with E-state index in [0.29, 0.717) is 22.2 Å². The molecule has 1 amide bonds. The van der Waals surface area contributed by atoms with Gasteiger partial charge in [0.2, 0.25) is 0 Å². The fourth-order valence-corrected chi connectivity index (χ4v) is 2.73. The maximum atomic E-state index is 12.1. The zero-order valence-electron chi connectivity index (χ0n) is 10.5. The Bertz CT molecular complexity index is 632. The first-order valence-corrected chi connectivity index (χ1v) is 7.08. The van der Waals surface area contributed by atoms with Gasteiger partial charge in [0.05, 0.1) is 5.69 Å². The van der Waals surface area contributed by atoms with Gasteiger partial charge >= 0.3 is 0 Å². The van der Waals surface area contributed by atoms with Crippen LogP contribution in [0.1, 0.15) is 40.4 Å². The smallest absolute Gasteiger partial charge is 0.257 e. The van der Waals surface area contributed by atoms with Crippen LogP contribution in [0.15, 0.2) is 23.6 Å². The van der Waals surface area contributed by atoms with Gasteiger partial charge in [-0.2, -0.15) is 0 Å².